The zero-order valence-electron chi connectivity index (χ0n) is 14.5. The van der Waals surface area contributed by atoms with Gasteiger partial charge in [0.15, 0.2) is 6.61 Å². The highest BCUT2D eigenvalue weighted by molar-refractivity contribution is 6.35. The summed E-state index contributed by atoms with van der Waals surface area (Å²) in [5.41, 5.74) is 1.61. The van der Waals surface area contributed by atoms with Crippen molar-refractivity contribution in [1.29, 1.82) is 0 Å². The molecule has 1 amide bonds. The number of aliphatic hydroxyl groups excluding tert-OH is 1. The lowest BCUT2D eigenvalue weighted by molar-refractivity contribution is -0.118. The number of hydrogen-bond acceptors (Lipinski definition) is 3. The van der Waals surface area contributed by atoms with Gasteiger partial charge in [-0.05, 0) is 42.0 Å². The molecule has 1 atom stereocenters. The number of rotatable bonds is 6. The lowest BCUT2D eigenvalue weighted by atomic mass is 10.00. The fourth-order valence-corrected chi connectivity index (χ4v) is 3.25. The Morgan fingerprint density at radius 1 is 0.964 bits per heavy atom. The summed E-state index contributed by atoms with van der Waals surface area (Å²) >= 11 is 18.0. The molecule has 1 unspecified atom stereocenters. The van der Waals surface area contributed by atoms with Crippen molar-refractivity contribution in [3.05, 3.63) is 92.9 Å². The molecule has 0 spiro atoms. The van der Waals surface area contributed by atoms with Crippen LogP contribution in [0.15, 0.2) is 66.7 Å². The topological polar surface area (TPSA) is 58.6 Å². The smallest absolute Gasteiger partial charge is 0.262 e. The summed E-state index contributed by atoms with van der Waals surface area (Å²) in [6.45, 7) is -0.259. The Morgan fingerprint density at radius 2 is 1.64 bits per heavy atom. The number of ether oxygens (including phenoxy) is 1. The Balaban J connectivity index is 1.74. The van der Waals surface area contributed by atoms with Crippen molar-refractivity contribution in [2.75, 3.05) is 11.9 Å². The van der Waals surface area contributed by atoms with Crippen molar-refractivity contribution in [2.45, 2.75) is 6.10 Å². The van der Waals surface area contributed by atoms with Crippen molar-refractivity contribution in [3.8, 4) is 5.75 Å². The zero-order valence-corrected chi connectivity index (χ0v) is 16.8. The summed E-state index contributed by atoms with van der Waals surface area (Å²) in [6, 6.07) is 18.7. The van der Waals surface area contributed by atoms with Gasteiger partial charge in [-0.15, -0.1) is 0 Å². The molecule has 0 saturated heterocycles. The Morgan fingerprint density at radius 3 is 2.36 bits per heavy atom. The van der Waals surface area contributed by atoms with E-state index in [0.29, 0.717) is 37.6 Å². The number of aliphatic hydroxyl groups is 1. The lowest BCUT2D eigenvalue weighted by Gasteiger charge is -2.17. The molecule has 0 aliphatic rings. The van der Waals surface area contributed by atoms with Gasteiger partial charge >= 0.3 is 0 Å². The van der Waals surface area contributed by atoms with E-state index >= 15 is 0 Å². The number of hydrogen-bond donors (Lipinski definition) is 2. The van der Waals surface area contributed by atoms with Gasteiger partial charge in [0, 0.05) is 21.3 Å². The van der Waals surface area contributed by atoms with Crippen molar-refractivity contribution < 1.29 is 14.6 Å². The molecule has 0 aliphatic carbocycles. The van der Waals surface area contributed by atoms with Crippen molar-refractivity contribution >= 4 is 46.4 Å². The van der Waals surface area contributed by atoms with Gasteiger partial charge < -0.3 is 15.2 Å². The van der Waals surface area contributed by atoms with E-state index in [0.717, 1.165) is 0 Å². The van der Waals surface area contributed by atoms with E-state index in [2.05, 4.69) is 5.32 Å². The first kappa shape index (κ1) is 20.5. The second kappa shape index (κ2) is 9.30. The van der Waals surface area contributed by atoms with Gasteiger partial charge in [-0.25, -0.2) is 0 Å². The number of carbonyl (C=O) groups is 1. The quantitative estimate of drug-likeness (QED) is 0.517. The molecule has 3 rings (SSSR count). The third-order valence-corrected chi connectivity index (χ3v) is 4.72. The van der Waals surface area contributed by atoms with E-state index in [4.69, 9.17) is 39.5 Å². The number of carbonyl (C=O) groups excluding carboxylic acids is 1. The maximum absolute atomic E-state index is 12.3. The third-order valence-electron chi connectivity index (χ3n) is 3.95. The van der Waals surface area contributed by atoms with E-state index in [1.165, 1.54) is 6.07 Å². The molecule has 0 saturated carbocycles. The maximum atomic E-state index is 12.3. The molecule has 3 aromatic rings. The summed E-state index contributed by atoms with van der Waals surface area (Å²) < 4.78 is 5.44. The van der Waals surface area contributed by atoms with Crippen molar-refractivity contribution in [2.24, 2.45) is 0 Å². The molecule has 28 heavy (non-hydrogen) atoms. The highest BCUT2D eigenvalue weighted by atomic mass is 35.5. The zero-order chi connectivity index (χ0) is 20.1. The number of nitrogens with one attached hydrogen (secondary N) is 1. The van der Waals surface area contributed by atoms with E-state index in [1.54, 1.807) is 42.5 Å². The highest BCUT2D eigenvalue weighted by Gasteiger charge is 2.17. The highest BCUT2D eigenvalue weighted by Crippen LogP contribution is 2.31. The Hall–Kier alpha value is -2.24. The third kappa shape index (κ3) is 5.18. The van der Waals surface area contributed by atoms with Crippen LogP contribution in [0.25, 0.3) is 0 Å². The molecule has 0 heterocycles. The first-order valence-corrected chi connectivity index (χ1v) is 9.47. The van der Waals surface area contributed by atoms with Crippen LogP contribution in [0.3, 0.4) is 0 Å². The van der Waals surface area contributed by atoms with Gasteiger partial charge in [-0.2, -0.15) is 0 Å². The molecule has 0 fully saturated rings. The number of anilines is 1. The molecular formula is C21H16Cl3NO3. The van der Waals surface area contributed by atoms with Crippen LogP contribution in [-0.4, -0.2) is 17.6 Å². The molecule has 2 N–H and O–H groups in total. The van der Waals surface area contributed by atoms with Crippen LogP contribution in [0.4, 0.5) is 5.69 Å². The summed E-state index contributed by atoms with van der Waals surface area (Å²) in [7, 11) is 0. The molecule has 0 aliphatic heterocycles. The first-order valence-electron chi connectivity index (χ1n) is 8.34. The van der Waals surface area contributed by atoms with Crippen LogP contribution in [0.1, 0.15) is 17.2 Å². The SMILES string of the molecule is O=C(COc1ccc(Cl)cc1Cl)Nc1ccc(Cl)cc1C(O)c1ccccc1. The standard InChI is InChI=1S/C21H16Cl3NO3/c22-14-6-8-18(16(10-14)21(27)13-4-2-1-3-5-13)25-20(26)12-28-19-9-7-15(23)11-17(19)24/h1-11,21,27H,12H2,(H,25,26). The van der Waals surface area contributed by atoms with E-state index in [1.807, 2.05) is 18.2 Å². The van der Waals surface area contributed by atoms with Gasteiger partial charge in [0.25, 0.3) is 5.91 Å². The van der Waals surface area contributed by atoms with Crippen LogP contribution in [-0.2, 0) is 4.79 Å². The van der Waals surface area contributed by atoms with Crippen LogP contribution in [0.5, 0.6) is 5.75 Å². The van der Waals surface area contributed by atoms with Gasteiger partial charge in [0.05, 0.1) is 5.02 Å². The molecule has 7 heteroatoms. The van der Waals surface area contributed by atoms with Gasteiger partial charge in [0.2, 0.25) is 0 Å². The Kier molecular flexibility index (Phi) is 6.81. The number of amides is 1. The van der Waals surface area contributed by atoms with Crippen molar-refractivity contribution in [3.63, 3.8) is 0 Å². The number of benzene rings is 3. The number of halogens is 3. The fourth-order valence-electron chi connectivity index (χ4n) is 2.61. The second-order valence-corrected chi connectivity index (χ2v) is 7.24. The predicted octanol–water partition coefficient (Wildman–Crippen LogP) is 5.75. The summed E-state index contributed by atoms with van der Waals surface area (Å²) in [6.07, 6.45) is -0.943. The van der Waals surface area contributed by atoms with Gasteiger partial charge in [-0.3, -0.25) is 4.79 Å². The fraction of sp³-hybridized carbons (Fsp3) is 0.0952. The molecule has 3 aromatic carbocycles. The minimum Gasteiger partial charge on any atom is -0.482 e. The normalized spacial score (nSPS) is 11.7. The lowest BCUT2D eigenvalue weighted by Crippen LogP contribution is -2.21. The molecular weight excluding hydrogens is 421 g/mol. The van der Waals surface area contributed by atoms with E-state index in [9.17, 15) is 9.90 Å². The minimum absolute atomic E-state index is 0.259. The van der Waals surface area contributed by atoms with Crippen LogP contribution in [0.2, 0.25) is 15.1 Å². The van der Waals surface area contributed by atoms with E-state index in [-0.39, 0.29) is 6.61 Å². The van der Waals surface area contributed by atoms with E-state index < -0.39 is 12.0 Å². The van der Waals surface area contributed by atoms with Gasteiger partial charge in [0.1, 0.15) is 11.9 Å². The van der Waals surface area contributed by atoms with Crippen LogP contribution >= 0.6 is 34.8 Å². The Bertz CT molecular complexity index is 980. The molecule has 0 radical (unpaired) electrons. The molecule has 0 aromatic heterocycles. The predicted molar refractivity (Wildman–Crippen MR) is 113 cm³/mol. The average molecular weight is 437 g/mol. The second-order valence-electron chi connectivity index (χ2n) is 5.96. The van der Waals surface area contributed by atoms with Crippen LogP contribution in [0, 0.1) is 0 Å². The summed E-state index contributed by atoms with van der Waals surface area (Å²) in [5.74, 6) is -0.0586. The monoisotopic (exact) mass is 435 g/mol. The van der Waals surface area contributed by atoms with Crippen molar-refractivity contribution in [1.82, 2.24) is 0 Å². The molecule has 4 nitrogen and oxygen atoms in total. The van der Waals surface area contributed by atoms with Gasteiger partial charge in [-0.1, -0.05) is 65.1 Å². The largest absolute Gasteiger partial charge is 0.482 e. The minimum atomic E-state index is -0.943. The summed E-state index contributed by atoms with van der Waals surface area (Å²) in [5, 5.41) is 14.7. The Labute approximate surface area is 177 Å². The first-order chi connectivity index (χ1) is 13.4. The molecule has 0 bridgehead atoms. The molecule has 144 valence electrons. The summed E-state index contributed by atoms with van der Waals surface area (Å²) in [4.78, 5) is 12.3. The maximum Gasteiger partial charge on any atom is 0.262 e. The average Bonchev–Trinajstić information content (AvgIpc) is 2.69. The van der Waals surface area contributed by atoms with Crippen LogP contribution < -0.4 is 10.1 Å².